The summed E-state index contributed by atoms with van der Waals surface area (Å²) in [5.74, 6) is 0.0997. The fourth-order valence-electron chi connectivity index (χ4n) is 2.05. The number of rotatable bonds is 3. The first-order chi connectivity index (χ1) is 10.9. The van der Waals surface area contributed by atoms with Crippen LogP contribution in [0.5, 0.6) is 11.5 Å². The van der Waals surface area contributed by atoms with Crippen molar-refractivity contribution >= 4 is 28.7 Å². The lowest BCUT2D eigenvalue weighted by molar-refractivity contribution is 0.459. The van der Waals surface area contributed by atoms with Gasteiger partial charge in [-0.25, -0.2) is 0 Å². The largest absolute Gasteiger partial charge is 0.508 e. The van der Waals surface area contributed by atoms with E-state index >= 15 is 0 Å². The van der Waals surface area contributed by atoms with Crippen molar-refractivity contribution in [1.82, 2.24) is 5.43 Å². The fraction of sp³-hybridized carbons (Fsp3) is 0.176. The van der Waals surface area contributed by atoms with Crippen LogP contribution in [0.15, 0.2) is 41.5 Å². The Labute approximate surface area is 140 Å². The van der Waals surface area contributed by atoms with Crippen LogP contribution in [0, 0.1) is 13.8 Å². The number of aryl methyl sites for hydroxylation is 1. The molecule has 0 spiro atoms. The molecule has 0 aliphatic carbocycles. The molecule has 0 radical (unpaired) electrons. The number of hydrazone groups is 1. The second-order valence-corrected chi connectivity index (χ2v) is 5.62. The minimum Gasteiger partial charge on any atom is -0.508 e. The van der Waals surface area contributed by atoms with Crippen molar-refractivity contribution in [1.29, 1.82) is 0 Å². The molecule has 2 rings (SSSR count). The zero-order chi connectivity index (χ0) is 17.0. The van der Waals surface area contributed by atoms with Gasteiger partial charge in [0.2, 0.25) is 0 Å². The first-order valence-corrected chi connectivity index (χ1v) is 7.49. The minimum atomic E-state index is 0.0410. The van der Waals surface area contributed by atoms with E-state index in [1.807, 2.05) is 32.0 Å². The van der Waals surface area contributed by atoms with Gasteiger partial charge in [-0.1, -0.05) is 12.1 Å². The number of hydrogen-bond donors (Lipinski definition) is 4. The summed E-state index contributed by atoms with van der Waals surface area (Å²) in [6.45, 7) is 5.76. The number of nitrogens with one attached hydrogen (secondary N) is 2. The molecule has 0 fully saturated rings. The second kappa shape index (κ2) is 7.11. The molecular weight excluding hydrogens is 310 g/mol. The molecule has 0 amide bonds. The molecule has 0 unspecified atom stereocenters. The van der Waals surface area contributed by atoms with Gasteiger partial charge in [0.25, 0.3) is 0 Å². The monoisotopic (exact) mass is 329 g/mol. The molecule has 0 atom stereocenters. The predicted octanol–water partition coefficient (Wildman–Crippen LogP) is 3.43. The molecule has 0 saturated heterocycles. The summed E-state index contributed by atoms with van der Waals surface area (Å²) in [5.41, 5.74) is 6.87. The van der Waals surface area contributed by atoms with E-state index in [4.69, 9.17) is 12.2 Å². The number of aromatic hydroxyl groups is 2. The van der Waals surface area contributed by atoms with Gasteiger partial charge >= 0.3 is 0 Å². The van der Waals surface area contributed by atoms with Gasteiger partial charge in [0, 0.05) is 11.3 Å². The zero-order valence-electron chi connectivity index (χ0n) is 13.2. The van der Waals surface area contributed by atoms with Crippen molar-refractivity contribution in [2.75, 3.05) is 5.32 Å². The number of benzene rings is 2. The first kappa shape index (κ1) is 16.8. The van der Waals surface area contributed by atoms with E-state index in [9.17, 15) is 10.2 Å². The highest BCUT2D eigenvalue weighted by molar-refractivity contribution is 7.80. The summed E-state index contributed by atoms with van der Waals surface area (Å²) in [7, 11) is 0. The van der Waals surface area contributed by atoms with Gasteiger partial charge in [-0.05, 0) is 68.4 Å². The van der Waals surface area contributed by atoms with Crippen molar-refractivity contribution in [2.24, 2.45) is 5.10 Å². The van der Waals surface area contributed by atoms with Crippen LogP contribution in [0.3, 0.4) is 0 Å². The smallest absolute Gasteiger partial charge is 0.191 e. The maximum Gasteiger partial charge on any atom is 0.191 e. The standard InChI is InChI=1S/C17H19N3O2S/c1-10-5-4-6-15(11(10)2)18-17(23)20-19-12(3)14-9-13(21)7-8-16(14)22/h4-9,21-22H,1-3H3,(H2,18,20,23)/b19-12+. The van der Waals surface area contributed by atoms with Crippen LogP contribution in [-0.4, -0.2) is 21.0 Å². The average Bonchev–Trinajstić information content (AvgIpc) is 2.52. The molecule has 5 nitrogen and oxygen atoms in total. The van der Waals surface area contributed by atoms with E-state index < -0.39 is 0 Å². The van der Waals surface area contributed by atoms with Crippen LogP contribution < -0.4 is 10.7 Å². The van der Waals surface area contributed by atoms with Crippen molar-refractivity contribution in [3.63, 3.8) is 0 Å². The van der Waals surface area contributed by atoms with E-state index in [0.717, 1.165) is 11.3 Å². The molecule has 0 aliphatic rings. The van der Waals surface area contributed by atoms with Crippen molar-refractivity contribution in [2.45, 2.75) is 20.8 Å². The molecule has 0 aromatic heterocycles. The van der Waals surface area contributed by atoms with Gasteiger partial charge in [-0.3, -0.25) is 5.43 Å². The molecule has 0 heterocycles. The van der Waals surface area contributed by atoms with Crippen molar-refractivity contribution in [3.05, 3.63) is 53.1 Å². The fourth-order valence-corrected chi connectivity index (χ4v) is 2.20. The summed E-state index contributed by atoms with van der Waals surface area (Å²) in [4.78, 5) is 0. The van der Waals surface area contributed by atoms with Crippen molar-refractivity contribution in [3.8, 4) is 11.5 Å². The maximum atomic E-state index is 9.80. The highest BCUT2D eigenvalue weighted by Crippen LogP contribution is 2.22. The molecule has 4 N–H and O–H groups in total. The molecule has 0 saturated carbocycles. The van der Waals surface area contributed by atoms with E-state index in [1.54, 1.807) is 6.92 Å². The van der Waals surface area contributed by atoms with Gasteiger partial charge in [0.1, 0.15) is 11.5 Å². The summed E-state index contributed by atoms with van der Waals surface area (Å²) in [5, 5.41) is 26.9. The van der Waals surface area contributed by atoms with Crippen LogP contribution in [0.25, 0.3) is 0 Å². The lowest BCUT2D eigenvalue weighted by atomic mass is 10.1. The molecule has 0 aliphatic heterocycles. The Kier molecular flexibility index (Phi) is 5.18. The van der Waals surface area contributed by atoms with Crippen LogP contribution in [0.4, 0.5) is 5.69 Å². The van der Waals surface area contributed by atoms with Gasteiger partial charge in [0.15, 0.2) is 5.11 Å². The van der Waals surface area contributed by atoms with Gasteiger partial charge in [-0.15, -0.1) is 0 Å². The molecular formula is C17H19N3O2S. The highest BCUT2D eigenvalue weighted by Gasteiger charge is 2.07. The Bertz CT molecular complexity index is 772. The topological polar surface area (TPSA) is 76.9 Å². The lowest BCUT2D eigenvalue weighted by Gasteiger charge is -2.12. The Hall–Kier alpha value is -2.60. The molecule has 6 heteroatoms. The maximum absolute atomic E-state index is 9.80. The minimum absolute atomic E-state index is 0.0410. The van der Waals surface area contributed by atoms with Crippen LogP contribution in [-0.2, 0) is 0 Å². The van der Waals surface area contributed by atoms with Crippen LogP contribution in [0.2, 0.25) is 0 Å². The van der Waals surface area contributed by atoms with Gasteiger partial charge < -0.3 is 15.5 Å². The molecule has 0 bridgehead atoms. The number of phenolic OH excluding ortho intramolecular Hbond substituents is 2. The SMILES string of the molecule is C/C(=N\NC(=S)Nc1cccc(C)c1C)c1cc(O)ccc1O. The third-order valence-electron chi connectivity index (χ3n) is 3.55. The number of phenols is 2. The molecule has 2 aromatic carbocycles. The number of thiocarbonyl (C=S) groups is 1. The van der Waals surface area contributed by atoms with Crippen LogP contribution >= 0.6 is 12.2 Å². The van der Waals surface area contributed by atoms with E-state index in [2.05, 4.69) is 15.8 Å². The summed E-state index contributed by atoms with van der Waals surface area (Å²) in [6, 6.07) is 10.2. The number of hydrogen-bond acceptors (Lipinski definition) is 4. The Balaban J connectivity index is 2.08. The Morgan fingerprint density at radius 3 is 2.61 bits per heavy atom. The average molecular weight is 329 g/mol. The molecule has 23 heavy (non-hydrogen) atoms. The summed E-state index contributed by atoms with van der Waals surface area (Å²) >= 11 is 5.22. The zero-order valence-corrected chi connectivity index (χ0v) is 14.0. The third kappa shape index (κ3) is 4.20. The lowest BCUT2D eigenvalue weighted by Crippen LogP contribution is -2.25. The summed E-state index contributed by atoms with van der Waals surface area (Å²) < 4.78 is 0. The second-order valence-electron chi connectivity index (χ2n) is 5.21. The molecule has 2 aromatic rings. The van der Waals surface area contributed by atoms with E-state index in [1.165, 1.54) is 23.8 Å². The quantitative estimate of drug-likeness (QED) is 0.300. The summed E-state index contributed by atoms with van der Waals surface area (Å²) in [6.07, 6.45) is 0. The van der Waals surface area contributed by atoms with Gasteiger partial charge in [0.05, 0.1) is 5.71 Å². The van der Waals surface area contributed by atoms with Crippen molar-refractivity contribution < 1.29 is 10.2 Å². The van der Waals surface area contributed by atoms with E-state index in [-0.39, 0.29) is 11.5 Å². The Morgan fingerprint density at radius 2 is 1.87 bits per heavy atom. The third-order valence-corrected chi connectivity index (χ3v) is 3.74. The normalized spacial score (nSPS) is 11.2. The predicted molar refractivity (Wildman–Crippen MR) is 97.3 cm³/mol. The molecule has 120 valence electrons. The highest BCUT2D eigenvalue weighted by atomic mass is 32.1. The van der Waals surface area contributed by atoms with E-state index in [0.29, 0.717) is 16.4 Å². The van der Waals surface area contributed by atoms with Gasteiger partial charge in [-0.2, -0.15) is 5.10 Å². The van der Waals surface area contributed by atoms with Crippen LogP contribution in [0.1, 0.15) is 23.6 Å². The first-order valence-electron chi connectivity index (χ1n) is 7.08. The Morgan fingerprint density at radius 1 is 1.13 bits per heavy atom. The number of anilines is 1. The number of nitrogens with zero attached hydrogens (tertiary/aromatic N) is 1.